The molecule has 0 saturated carbocycles. The molecule has 0 aromatic heterocycles. The summed E-state index contributed by atoms with van der Waals surface area (Å²) in [5, 5.41) is 10.1. The van der Waals surface area contributed by atoms with Gasteiger partial charge in [-0.2, -0.15) is 0 Å². The number of hydrogen-bond acceptors (Lipinski definition) is 3. The minimum Gasteiger partial charge on any atom is -0.484 e. The van der Waals surface area contributed by atoms with Gasteiger partial charge in [-0.3, -0.25) is 5.41 Å². The Hall–Kier alpha value is -0.570. The molecule has 9 heavy (non-hydrogen) atoms. The van der Waals surface area contributed by atoms with E-state index in [1.54, 1.807) is 0 Å². The van der Waals surface area contributed by atoms with E-state index < -0.39 is 0 Å². The van der Waals surface area contributed by atoms with Crippen molar-refractivity contribution in [3.8, 4) is 0 Å². The molecule has 3 nitrogen and oxygen atoms in total. The molecule has 2 N–H and O–H groups in total. The van der Waals surface area contributed by atoms with Crippen LogP contribution >= 0.6 is 0 Å². The summed E-state index contributed by atoms with van der Waals surface area (Å²) in [6, 6.07) is 0.417. The molecule has 54 valence electrons. The predicted molar refractivity (Wildman–Crippen MR) is 37.9 cm³/mol. The highest BCUT2D eigenvalue weighted by Crippen LogP contribution is 1.76. The molecule has 0 fully saturated rings. The second kappa shape index (κ2) is 4.32. The molecule has 0 aliphatic rings. The number of methoxy groups -OCH3 is 1. The number of hydrogen-bond donors (Lipinski definition) is 2. The van der Waals surface area contributed by atoms with Crippen LogP contribution in [0.5, 0.6) is 0 Å². The van der Waals surface area contributed by atoms with Crippen LogP contribution in [-0.4, -0.2) is 25.6 Å². The summed E-state index contributed by atoms with van der Waals surface area (Å²) in [4.78, 5) is 0. The molecular formula is C6H14N2O. The maximum atomic E-state index is 7.05. The Morgan fingerprint density at radius 1 is 1.67 bits per heavy atom. The van der Waals surface area contributed by atoms with Crippen molar-refractivity contribution in [2.45, 2.75) is 19.9 Å². The summed E-state index contributed by atoms with van der Waals surface area (Å²) >= 11 is 0. The molecule has 3 heteroatoms. The minimum atomic E-state index is 0.281. The van der Waals surface area contributed by atoms with Gasteiger partial charge in [-0.1, -0.05) is 13.8 Å². The van der Waals surface area contributed by atoms with Crippen LogP contribution in [0.3, 0.4) is 0 Å². The zero-order chi connectivity index (χ0) is 7.28. The predicted octanol–water partition coefficient (Wildman–Crippen LogP) is 0.608. The van der Waals surface area contributed by atoms with E-state index >= 15 is 0 Å². The molecule has 0 aliphatic heterocycles. The Kier molecular flexibility index (Phi) is 4.05. The molecule has 0 heterocycles. The van der Waals surface area contributed by atoms with Crippen LogP contribution in [0.25, 0.3) is 0 Å². The van der Waals surface area contributed by atoms with Gasteiger partial charge >= 0.3 is 0 Å². The van der Waals surface area contributed by atoms with Crippen molar-refractivity contribution >= 4 is 5.90 Å². The topological polar surface area (TPSA) is 45.1 Å². The summed E-state index contributed by atoms with van der Waals surface area (Å²) in [5.41, 5.74) is 0. The van der Waals surface area contributed by atoms with Crippen LogP contribution in [0.2, 0.25) is 0 Å². The van der Waals surface area contributed by atoms with Crippen LogP contribution in [0.1, 0.15) is 13.8 Å². The molecular weight excluding hydrogens is 116 g/mol. The Labute approximate surface area is 55.9 Å². The first-order valence-electron chi connectivity index (χ1n) is 3.01. The van der Waals surface area contributed by atoms with E-state index in [1.807, 2.05) is 13.8 Å². The van der Waals surface area contributed by atoms with Crippen LogP contribution in [0.15, 0.2) is 0 Å². The summed E-state index contributed by atoms with van der Waals surface area (Å²) in [6.07, 6.45) is 0. The molecule has 0 saturated heterocycles. The van der Waals surface area contributed by atoms with Gasteiger partial charge in [-0.25, -0.2) is 0 Å². The van der Waals surface area contributed by atoms with Crippen molar-refractivity contribution in [1.82, 2.24) is 5.32 Å². The molecule has 0 unspecified atom stereocenters. The molecule has 0 aromatic carbocycles. The maximum Gasteiger partial charge on any atom is 0.194 e. The molecule has 0 radical (unpaired) electrons. The zero-order valence-electron chi connectivity index (χ0n) is 6.19. The molecule has 0 spiro atoms. The molecule has 0 atom stereocenters. The van der Waals surface area contributed by atoms with Gasteiger partial charge in [0.15, 0.2) is 5.90 Å². The number of ether oxygens (including phenoxy) is 1. The SMILES string of the molecule is COC(=N)CNC(C)C. The largest absolute Gasteiger partial charge is 0.484 e. The van der Waals surface area contributed by atoms with Crippen molar-refractivity contribution < 1.29 is 4.74 Å². The van der Waals surface area contributed by atoms with Crippen molar-refractivity contribution in [1.29, 1.82) is 5.41 Å². The Balaban J connectivity index is 3.17. The van der Waals surface area contributed by atoms with Crippen molar-refractivity contribution in [2.75, 3.05) is 13.7 Å². The van der Waals surface area contributed by atoms with Gasteiger partial charge in [-0.05, 0) is 0 Å². The van der Waals surface area contributed by atoms with Crippen molar-refractivity contribution in [2.24, 2.45) is 0 Å². The lowest BCUT2D eigenvalue weighted by Crippen LogP contribution is -2.29. The first-order chi connectivity index (χ1) is 4.16. The van der Waals surface area contributed by atoms with Crippen LogP contribution in [0, 0.1) is 5.41 Å². The maximum absolute atomic E-state index is 7.05. The van der Waals surface area contributed by atoms with Gasteiger partial charge in [0.25, 0.3) is 0 Å². The number of rotatable bonds is 3. The van der Waals surface area contributed by atoms with Crippen molar-refractivity contribution in [3.05, 3.63) is 0 Å². The molecule has 0 rings (SSSR count). The summed E-state index contributed by atoms with van der Waals surface area (Å²) < 4.78 is 4.62. The third-order valence-electron chi connectivity index (χ3n) is 0.917. The van der Waals surface area contributed by atoms with Gasteiger partial charge in [0.05, 0.1) is 13.7 Å². The van der Waals surface area contributed by atoms with Crippen molar-refractivity contribution in [3.63, 3.8) is 0 Å². The quantitative estimate of drug-likeness (QED) is 0.434. The molecule has 0 aromatic rings. The third-order valence-corrected chi connectivity index (χ3v) is 0.917. The van der Waals surface area contributed by atoms with Gasteiger partial charge in [0.2, 0.25) is 0 Å². The van der Waals surface area contributed by atoms with Gasteiger partial charge in [0.1, 0.15) is 0 Å². The fourth-order valence-corrected chi connectivity index (χ4v) is 0.369. The summed E-state index contributed by atoms with van der Waals surface area (Å²) in [5.74, 6) is 0.281. The molecule has 0 bridgehead atoms. The van der Waals surface area contributed by atoms with Crippen LogP contribution in [0.4, 0.5) is 0 Å². The van der Waals surface area contributed by atoms with E-state index in [4.69, 9.17) is 5.41 Å². The highest BCUT2D eigenvalue weighted by atomic mass is 16.5. The lowest BCUT2D eigenvalue weighted by atomic mass is 10.4. The normalized spacial score (nSPS) is 9.78. The fraction of sp³-hybridized carbons (Fsp3) is 0.833. The van der Waals surface area contributed by atoms with Crippen LogP contribution < -0.4 is 5.32 Å². The highest BCUT2D eigenvalue weighted by molar-refractivity contribution is 5.74. The van der Waals surface area contributed by atoms with E-state index in [-0.39, 0.29) is 5.90 Å². The highest BCUT2D eigenvalue weighted by Gasteiger charge is 1.94. The van der Waals surface area contributed by atoms with Gasteiger partial charge in [0, 0.05) is 6.04 Å². The summed E-state index contributed by atoms with van der Waals surface area (Å²) in [6.45, 7) is 4.58. The second-order valence-corrected chi connectivity index (χ2v) is 2.16. The zero-order valence-corrected chi connectivity index (χ0v) is 6.19. The molecule has 0 amide bonds. The first kappa shape index (κ1) is 8.43. The van der Waals surface area contributed by atoms with Gasteiger partial charge in [-0.15, -0.1) is 0 Å². The average Bonchev–Trinajstić information content (AvgIpc) is 1.83. The Bertz CT molecular complexity index is 91.1. The van der Waals surface area contributed by atoms with E-state index in [0.29, 0.717) is 12.6 Å². The monoisotopic (exact) mass is 130 g/mol. The van der Waals surface area contributed by atoms with E-state index in [2.05, 4.69) is 10.1 Å². The average molecular weight is 130 g/mol. The van der Waals surface area contributed by atoms with Crippen LogP contribution in [-0.2, 0) is 4.74 Å². The fourth-order valence-electron chi connectivity index (χ4n) is 0.369. The minimum absolute atomic E-state index is 0.281. The lowest BCUT2D eigenvalue weighted by molar-refractivity contribution is 0.383. The number of nitrogens with one attached hydrogen (secondary N) is 2. The summed E-state index contributed by atoms with van der Waals surface area (Å²) in [7, 11) is 1.50. The van der Waals surface area contributed by atoms with Gasteiger partial charge < -0.3 is 10.1 Å². The second-order valence-electron chi connectivity index (χ2n) is 2.16. The lowest BCUT2D eigenvalue weighted by Gasteiger charge is -2.06. The third kappa shape index (κ3) is 5.30. The Morgan fingerprint density at radius 3 is 2.56 bits per heavy atom. The van der Waals surface area contributed by atoms with E-state index in [9.17, 15) is 0 Å². The Morgan fingerprint density at radius 2 is 2.22 bits per heavy atom. The van der Waals surface area contributed by atoms with E-state index in [1.165, 1.54) is 7.11 Å². The molecule has 0 aliphatic carbocycles. The smallest absolute Gasteiger partial charge is 0.194 e. The first-order valence-corrected chi connectivity index (χ1v) is 3.01. The standard InChI is InChI=1S/C6H14N2O/c1-5(2)8-4-6(7)9-3/h5,7-8H,4H2,1-3H3. The van der Waals surface area contributed by atoms with E-state index in [0.717, 1.165) is 0 Å².